The van der Waals surface area contributed by atoms with Gasteiger partial charge in [-0.3, -0.25) is 28.9 Å². The molecule has 1 aromatic carbocycles. The Morgan fingerprint density at radius 3 is 2.27 bits per heavy atom. The van der Waals surface area contributed by atoms with Crippen LogP contribution in [0.1, 0.15) is 59.1 Å². The molecule has 0 saturated carbocycles. The molecule has 2 bridgehead atoms. The van der Waals surface area contributed by atoms with E-state index in [0.29, 0.717) is 0 Å². The lowest BCUT2D eigenvalue weighted by Gasteiger charge is -2.40. The number of hydrogen-bond donors (Lipinski definition) is 8. The van der Waals surface area contributed by atoms with E-state index >= 15 is 0 Å². The first-order valence-electron chi connectivity index (χ1n) is 17.4. The average Bonchev–Trinajstić information content (AvgIpc) is 3.62. The van der Waals surface area contributed by atoms with Gasteiger partial charge in [-0.15, -0.1) is 0 Å². The molecular weight excluding hydrogens is 756 g/mol. The standard InChI is InChI=1S/C37H47ClN6O12/c1-9-18(5)26(33(51)39-21(36(54)55)16-24(45)46)41-31(49)22-12-11-13-44(22)35(53)30-37(6,10-2)56-23-15-19(14-20(38)29(23)48)28(47)27(43(7)8)34(52)40-25(17(3)4)32(50)42-30/h11-12,14-16,22,25,27-28,30,47-48H,3,9-10,13H2,1-2,4-8H3,(H,39,51)(H,40,52)(H,41,49)(H,42,50)(H,45,46)(H,54,55)/b21-16+,26-18+/t22-,25-,27+,28+,30+,37+/m0/s1. The number of allylic oxidation sites excluding steroid dienone is 1. The van der Waals surface area contributed by atoms with Gasteiger partial charge < -0.3 is 51.3 Å². The molecule has 2 aliphatic heterocycles. The number of phenols is 1. The second-order valence-electron chi connectivity index (χ2n) is 13.7. The summed E-state index contributed by atoms with van der Waals surface area (Å²) in [7, 11) is 3.05. The normalized spacial score (nSPS) is 24.6. The quantitative estimate of drug-likeness (QED) is 0.114. The molecule has 0 aromatic heterocycles. The zero-order valence-corrected chi connectivity index (χ0v) is 32.7. The first kappa shape index (κ1) is 44.7. The van der Waals surface area contributed by atoms with Crippen molar-refractivity contribution in [3.63, 3.8) is 0 Å². The maximum absolute atomic E-state index is 14.7. The van der Waals surface area contributed by atoms with E-state index in [1.165, 1.54) is 64.1 Å². The monoisotopic (exact) mass is 802 g/mol. The lowest BCUT2D eigenvalue weighted by Crippen LogP contribution is -2.65. The number of phenolic OH excluding ortho intramolecular Hbond substituents is 1. The van der Waals surface area contributed by atoms with Crippen LogP contribution >= 0.6 is 11.6 Å². The fourth-order valence-electron chi connectivity index (χ4n) is 5.95. The second-order valence-corrected chi connectivity index (χ2v) is 14.1. The number of aromatic hydroxyl groups is 1. The maximum Gasteiger partial charge on any atom is 0.352 e. The Morgan fingerprint density at radius 1 is 1.09 bits per heavy atom. The number of halogens is 1. The molecule has 0 unspecified atom stereocenters. The maximum atomic E-state index is 14.7. The van der Waals surface area contributed by atoms with Crippen molar-refractivity contribution < 1.29 is 58.7 Å². The summed E-state index contributed by atoms with van der Waals surface area (Å²) in [6, 6.07) is -3.28. The number of rotatable bonds is 11. The Kier molecular flexibility index (Phi) is 14.6. The Balaban J connectivity index is 2.13. The van der Waals surface area contributed by atoms with Crippen LogP contribution in [-0.4, -0.2) is 122 Å². The Bertz CT molecular complexity index is 1910. The summed E-state index contributed by atoms with van der Waals surface area (Å²) in [5.41, 5.74) is -2.60. The Morgan fingerprint density at radius 2 is 1.73 bits per heavy atom. The van der Waals surface area contributed by atoms with Gasteiger partial charge in [-0.05, 0) is 76.6 Å². The molecule has 56 heavy (non-hydrogen) atoms. The number of ether oxygens (including phenoxy) is 1. The van der Waals surface area contributed by atoms with Crippen LogP contribution in [0.5, 0.6) is 11.5 Å². The lowest BCUT2D eigenvalue weighted by molar-refractivity contribution is -0.146. The van der Waals surface area contributed by atoms with Gasteiger partial charge in [0, 0.05) is 6.54 Å². The van der Waals surface area contributed by atoms with Crippen molar-refractivity contribution in [2.45, 2.75) is 83.3 Å². The highest BCUT2D eigenvalue weighted by molar-refractivity contribution is 6.32. The summed E-state index contributed by atoms with van der Waals surface area (Å²) in [5, 5.41) is 50.2. The van der Waals surface area contributed by atoms with Crippen LogP contribution in [0.2, 0.25) is 5.02 Å². The molecule has 2 heterocycles. The van der Waals surface area contributed by atoms with Crippen molar-refractivity contribution >= 4 is 53.1 Å². The number of amides is 5. The van der Waals surface area contributed by atoms with Crippen molar-refractivity contribution in [1.82, 2.24) is 31.1 Å². The van der Waals surface area contributed by atoms with Crippen LogP contribution in [0.25, 0.3) is 0 Å². The van der Waals surface area contributed by atoms with Gasteiger partial charge in [-0.1, -0.05) is 44.2 Å². The zero-order chi connectivity index (χ0) is 42.4. The first-order valence-corrected chi connectivity index (χ1v) is 17.7. The number of fused-ring (bicyclic) bond motifs is 2. The number of aliphatic carboxylic acids is 2. The number of likely N-dealkylation sites (N-methyl/N-ethyl adjacent to an activating group) is 1. The summed E-state index contributed by atoms with van der Waals surface area (Å²) in [6.07, 6.45) is 1.73. The largest absolute Gasteiger partial charge is 0.503 e. The number of aliphatic hydroxyl groups excluding tert-OH is 1. The number of carbonyl (C=O) groups is 7. The molecule has 1 aromatic rings. The third-order valence-corrected chi connectivity index (χ3v) is 9.72. The predicted octanol–water partition coefficient (Wildman–Crippen LogP) is 0.853. The van der Waals surface area contributed by atoms with Crippen LogP contribution in [0.4, 0.5) is 0 Å². The van der Waals surface area contributed by atoms with Crippen molar-refractivity contribution in [2.24, 2.45) is 0 Å². The number of aliphatic hydroxyl groups is 1. The number of carboxylic acids is 2. The molecule has 18 nitrogen and oxygen atoms in total. The van der Waals surface area contributed by atoms with E-state index in [9.17, 15) is 48.9 Å². The van der Waals surface area contributed by atoms with Gasteiger partial charge in [0.2, 0.25) is 11.8 Å². The van der Waals surface area contributed by atoms with E-state index in [1.54, 1.807) is 13.8 Å². The molecule has 8 N–H and O–H groups in total. The molecule has 5 amide bonds. The number of carboxylic acid groups (broad SMARTS) is 2. The van der Waals surface area contributed by atoms with Crippen LogP contribution in [-0.2, 0) is 33.6 Å². The molecule has 0 spiro atoms. The van der Waals surface area contributed by atoms with E-state index in [0.717, 1.165) is 4.90 Å². The predicted molar refractivity (Wildman–Crippen MR) is 201 cm³/mol. The Labute approximate surface area is 327 Å². The summed E-state index contributed by atoms with van der Waals surface area (Å²) in [4.78, 5) is 94.7. The van der Waals surface area contributed by atoms with E-state index in [-0.39, 0.29) is 52.9 Å². The number of nitrogens with one attached hydrogen (secondary N) is 4. The first-order chi connectivity index (χ1) is 26.1. The summed E-state index contributed by atoms with van der Waals surface area (Å²) < 4.78 is 6.32. The fraction of sp³-hybridized carbons (Fsp3) is 0.432. The van der Waals surface area contributed by atoms with Gasteiger partial charge >= 0.3 is 11.9 Å². The summed E-state index contributed by atoms with van der Waals surface area (Å²) in [5.74, 6) is -8.88. The highest BCUT2D eigenvalue weighted by Gasteiger charge is 2.48. The van der Waals surface area contributed by atoms with E-state index in [1.807, 2.05) is 5.32 Å². The topological polar surface area (TPSA) is 264 Å². The minimum Gasteiger partial charge on any atom is -0.503 e. The van der Waals surface area contributed by atoms with E-state index in [2.05, 4.69) is 22.5 Å². The van der Waals surface area contributed by atoms with Crippen molar-refractivity contribution in [3.8, 4) is 11.5 Å². The molecule has 304 valence electrons. The molecule has 0 aliphatic carbocycles. The van der Waals surface area contributed by atoms with Gasteiger partial charge in [0.25, 0.3) is 17.7 Å². The third-order valence-electron chi connectivity index (χ3n) is 9.43. The van der Waals surface area contributed by atoms with Crippen molar-refractivity contribution in [1.29, 1.82) is 0 Å². The molecule has 3 rings (SSSR count). The smallest absolute Gasteiger partial charge is 0.352 e. The molecule has 19 heteroatoms. The van der Waals surface area contributed by atoms with E-state index < -0.39 is 94.5 Å². The zero-order valence-electron chi connectivity index (χ0n) is 31.9. The second kappa shape index (κ2) is 18.3. The molecule has 0 radical (unpaired) electrons. The molecule has 0 saturated heterocycles. The summed E-state index contributed by atoms with van der Waals surface area (Å²) >= 11 is 6.37. The van der Waals surface area contributed by atoms with Gasteiger partial charge in [0.05, 0.1) is 11.1 Å². The molecular formula is C37H47ClN6O12. The average molecular weight is 803 g/mol. The minimum absolute atomic E-state index is 0.0192. The van der Waals surface area contributed by atoms with Gasteiger partial charge in [0.1, 0.15) is 47.3 Å². The van der Waals surface area contributed by atoms with Crippen LogP contribution < -0.4 is 26.0 Å². The van der Waals surface area contributed by atoms with Crippen LogP contribution in [0, 0.1) is 0 Å². The number of carbonyl (C=O) groups excluding carboxylic acids is 5. The van der Waals surface area contributed by atoms with Gasteiger partial charge in [-0.25, -0.2) is 9.59 Å². The number of hydrogen-bond acceptors (Lipinski definition) is 11. The Hall–Kier alpha value is -5.72. The highest BCUT2D eigenvalue weighted by atomic mass is 35.5. The number of benzene rings is 1. The van der Waals surface area contributed by atoms with Crippen LogP contribution in [0.3, 0.4) is 0 Å². The highest BCUT2D eigenvalue weighted by Crippen LogP contribution is 2.41. The summed E-state index contributed by atoms with van der Waals surface area (Å²) in [6.45, 7) is 11.3. The number of nitrogens with zero attached hydrogens (tertiary/aromatic N) is 2. The van der Waals surface area contributed by atoms with Gasteiger partial charge in [-0.2, -0.15) is 0 Å². The lowest BCUT2D eigenvalue weighted by atomic mass is 9.90. The fourth-order valence-corrected chi connectivity index (χ4v) is 6.17. The third kappa shape index (κ3) is 9.92. The SMILES string of the molecule is C=C(C)[C@@H]1NC(=O)[C@H](N(C)C)[C@H](O)c2cc(Cl)c(O)c(c2)O[C@](C)(CC)[C@@H](C(=O)N2CC=C[C@H]2C(=O)N/C(C(=O)N/C(=C/C(=O)O)C(=O)O)=C(\C)CC)NC1=O. The molecule has 6 atom stereocenters. The molecule has 0 fully saturated rings. The van der Waals surface area contributed by atoms with Crippen molar-refractivity contribution in [2.75, 3.05) is 20.6 Å². The minimum atomic E-state index is -1.75. The molecule has 2 aliphatic rings. The van der Waals surface area contributed by atoms with Gasteiger partial charge in [0.15, 0.2) is 11.5 Å². The van der Waals surface area contributed by atoms with E-state index in [4.69, 9.17) is 21.4 Å². The van der Waals surface area contributed by atoms with Crippen molar-refractivity contribution in [3.05, 3.63) is 70.1 Å². The van der Waals surface area contributed by atoms with Crippen LogP contribution in [0.15, 0.2) is 59.5 Å².